The van der Waals surface area contributed by atoms with Gasteiger partial charge in [0.2, 0.25) is 0 Å². The first kappa shape index (κ1) is 16.3. The topological polar surface area (TPSA) is 74.6 Å². The van der Waals surface area contributed by atoms with E-state index in [1.54, 1.807) is 24.3 Å². The minimum absolute atomic E-state index is 0.149. The van der Waals surface area contributed by atoms with Gasteiger partial charge in [-0.2, -0.15) is 0 Å². The minimum atomic E-state index is -1.03. The molecule has 0 aliphatic heterocycles. The van der Waals surface area contributed by atoms with Crippen LogP contribution < -0.4 is 0 Å². The quantitative estimate of drug-likeness (QED) is 0.860. The Bertz CT molecular complexity index is 711. The number of aromatic carboxylic acids is 1. The molecule has 0 aliphatic rings. The molecule has 2 rings (SSSR count). The molecule has 0 amide bonds. The summed E-state index contributed by atoms with van der Waals surface area (Å²) in [4.78, 5) is 22.4. The Morgan fingerprint density at radius 2 is 1.64 bits per heavy atom. The third-order valence-corrected chi connectivity index (χ3v) is 3.85. The average Bonchev–Trinajstić information content (AvgIpc) is 2.47. The Kier molecular flexibility index (Phi) is 5.06. The van der Waals surface area contributed by atoms with Crippen LogP contribution in [0, 0.1) is 0 Å². The Balaban J connectivity index is 2.31. The highest BCUT2D eigenvalue weighted by molar-refractivity contribution is 6.33. The van der Waals surface area contributed by atoms with Gasteiger partial charge >= 0.3 is 11.9 Å². The van der Waals surface area contributed by atoms with E-state index in [-0.39, 0.29) is 12.0 Å². The molecule has 1 atom stereocenters. The molecule has 114 valence electrons. The van der Waals surface area contributed by atoms with Crippen LogP contribution >= 0.6 is 23.2 Å². The van der Waals surface area contributed by atoms with Crippen LogP contribution in [-0.2, 0) is 11.2 Å². The average molecular weight is 339 g/mol. The lowest BCUT2D eigenvalue weighted by Gasteiger charge is -2.15. The number of hydrogen-bond acceptors (Lipinski definition) is 2. The molecule has 0 spiro atoms. The fourth-order valence-electron chi connectivity index (χ4n) is 2.13. The summed E-state index contributed by atoms with van der Waals surface area (Å²) in [5, 5.41) is 19.1. The van der Waals surface area contributed by atoms with Gasteiger partial charge in [-0.05, 0) is 47.9 Å². The van der Waals surface area contributed by atoms with Gasteiger partial charge in [0, 0.05) is 10.0 Å². The summed E-state index contributed by atoms with van der Waals surface area (Å²) in [5.41, 5.74) is 1.29. The summed E-state index contributed by atoms with van der Waals surface area (Å²) in [6, 6.07) is 10.8. The SMILES string of the molecule is O=C(O)c1ccc(CC(C(=O)O)c2cc(Cl)ccc2Cl)cc1. The van der Waals surface area contributed by atoms with Crippen LogP contribution in [0.4, 0.5) is 0 Å². The van der Waals surface area contributed by atoms with Crippen molar-refractivity contribution in [1.82, 2.24) is 0 Å². The molecule has 0 heterocycles. The number of carboxylic acids is 2. The molecule has 2 aromatic rings. The first-order valence-electron chi connectivity index (χ1n) is 6.38. The van der Waals surface area contributed by atoms with E-state index in [0.29, 0.717) is 21.2 Å². The van der Waals surface area contributed by atoms with Gasteiger partial charge in [-0.15, -0.1) is 0 Å². The van der Waals surface area contributed by atoms with E-state index in [0.717, 1.165) is 0 Å². The van der Waals surface area contributed by atoms with Gasteiger partial charge in [0.15, 0.2) is 0 Å². The maximum Gasteiger partial charge on any atom is 0.335 e. The van der Waals surface area contributed by atoms with E-state index in [1.807, 2.05) is 0 Å². The highest BCUT2D eigenvalue weighted by Crippen LogP contribution is 2.30. The Morgan fingerprint density at radius 1 is 1.00 bits per heavy atom. The second kappa shape index (κ2) is 6.81. The smallest absolute Gasteiger partial charge is 0.335 e. The summed E-state index contributed by atoms with van der Waals surface area (Å²) >= 11 is 12.0. The molecule has 0 bridgehead atoms. The van der Waals surface area contributed by atoms with Gasteiger partial charge in [0.25, 0.3) is 0 Å². The molecular formula is C16H12Cl2O4. The molecule has 2 N–H and O–H groups in total. The molecule has 4 nitrogen and oxygen atoms in total. The van der Waals surface area contributed by atoms with Crippen LogP contribution in [0.2, 0.25) is 10.0 Å². The standard InChI is InChI=1S/C16H12Cl2O4/c17-11-5-6-14(18)12(8-11)13(16(21)22)7-9-1-3-10(4-2-9)15(19)20/h1-6,8,13H,7H2,(H,19,20)(H,21,22). The van der Waals surface area contributed by atoms with E-state index < -0.39 is 17.9 Å². The molecule has 6 heteroatoms. The first-order chi connectivity index (χ1) is 10.4. The maximum absolute atomic E-state index is 11.5. The van der Waals surface area contributed by atoms with Crippen molar-refractivity contribution in [3.05, 3.63) is 69.2 Å². The zero-order chi connectivity index (χ0) is 16.3. The fraction of sp³-hybridized carbons (Fsp3) is 0.125. The minimum Gasteiger partial charge on any atom is -0.481 e. The highest BCUT2D eigenvalue weighted by atomic mass is 35.5. The second-order valence-electron chi connectivity index (χ2n) is 4.76. The lowest BCUT2D eigenvalue weighted by molar-refractivity contribution is -0.138. The third kappa shape index (κ3) is 3.78. The number of hydrogen-bond donors (Lipinski definition) is 2. The van der Waals surface area contributed by atoms with Gasteiger partial charge in [-0.25, -0.2) is 4.79 Å². The number of aliphatic carboxylic acids is 1. The van der Waals surface area contributed by atoms with Gasteiger partial charge in [-0.3, -0.25) is 4.79 Å². The summed E-state index contributed by atoms with van der Waals surface area (Å²) in [5.74, 6) is -2.91. The van der Waals surface area contributed by atoms with E-state index in [1.165, 1.54) is 18.2 Å². The number of carbonyl (C=O) groups is 2. The van der Waals surface area contributed by atoms with E-state index >= 15 is 0 Å². The largest absolute Gasteiger partial charge is 0.481 e. The fourth-order valence-corrected chi connectivity index (χ4v) is 2.56. The summed E-state index contributed by atoms with van der Waals surface area (Å²) < 4.78 is 0. The molecule has 1 unspecified atom stereocenters. The van der Waals surface area contributed by atoms with Crippen LogP contribution in [0.25, 0.3) is 0 Å². The Labute approximate surface area is 136 Å². The van der Waals surface area contributed by atoms with Crippen molar-refractivity contribution in [3.8, 4) is 0 Å². The zero-order valence-corrected chi connectivity index (χ0v) is 12.8. The van der Waals surface area contributed by atoms with Gasteiger partial charge in [0.1, 0.15) is 0 Å². The van der Waals surface area contributed by atoms with Gasteiger partial charge in [-0.1, -0.05) is 35.3 Å². The molecule has 0 aliphatic carbocycles. The van der Waals surface area contributed by atoms with E-state index in [9.17, 15) is 14.7 Å². The molecular weight excluding hydrogens is 327 g/mol. The number of carboxylic acid groups (broad SMARTS) is 2. The van der Waals surface area contributed by atoms with Crippen LogP contribution in [0.3, 0.4) is 0 Å². The molecule has 0 saturated carbocycles. The van der Waals surface area contributed by atoms with Crippen molar-refractivity contribution in [2.24, 2.45) is 0 Å². The molecule has 0 fully saturated rings. The number of rotatable bonds is 5. The number of benzene rings is 2. The van der Waals surface area contributed by atoms with Crippen molar-refractivity contribution in [3.63, 3.8) is 0 Å². The molecule has 2 aromatic carbocycles. The molecule has 0 saturated heterocycles. The van der Waals surface area contributed by atoms with Crippen LogP contribution in [0.1, 0.15) is 27.4 Å². The zero-order valence-electron chi connectivity index (χ0n) is 11.3. The van der Waals surface area contributed by atoms with E-state index in [2.05, 4.69) is 0 Å². The second-order valence-corrected chi connectivity index (χ2v) is 5.61. The van der Waals surface area contributed by atoms with Crippen LogP contribution in [0.5, 0.6) is 0 Å². The Morgan fingerprint density at radius 3 is 2.18 bits per heavy atom. The normalized spacial score (nSPS) is 11.9. The summed E-state index contributed by atoms with van der Waals surface area (Å²) in [7, 11) is 0. The van der Waals surface area contributed by atoms with Crippen LogP contribution in [0.15, 0.2) is 42.5 Å². The predicted octanol–water partition coefficient (Wildman–Crippen LogP) is 4.10. The van der Waals surface area contributed by atoms with E-state index in [4.69, 9.17) is 28.3 Å². The van der Waals surface area contributed by atoms with Crippen molar-refractivity contribution >= 4 is 35.1 Å². The first-order valence-corrected chi connectivity index (χ1v) is 7.14. The predicted molar refractivity (Wildman–Crippen MR) is 83.9 cm³/mol. The monoisotopic (exact) mass is 338 g/mol. The Hall–Kier alpha value is -2.04. The maximum atomic E-state index is 11.5. The molecule has 0 radical (unpaired) electrons. The van der Waals surface area contributed by atoms with Crippen molar-refractivity contribution in [2.75, 3.05) is 0 Å². The molecule has 0 aromatic heterocycles. The van der Waals surface area contributed by atoms with Crippen LogP contribution in [-0.4, -0.2) is 22.2 Å². The third-order valence-electron chi connectivity index (χ3n) is 3.27. The van der Waals surface area contributed by atoms with Crippen molar-refractivity contribution in [2.45, 2.75) is 12.3 Å². The van der Waals surface area contributed by atoms with Crippen molar-refractivity contribution < 1.29 is 19.8 Å². The molecule has 22 heavy (non-hydrogen) atoms. The lowest BCUT2D eigenvalue weighted by Crippen LogP contribution is -2.15. The summed E-state index contributed by atoms with van der Waals surface area (Å²) in [6.45, 7) is 0. The highest BCUT2D eigenvalue weighted by Gasteiger charge is 2.23. The van der Waals surface area contributed by atoms with Crippen molar-refractivity contribution in [1.29, 1.82) is 0 Å². The summed E-state index contributed by atoms with van der Waals surface area (Å²) in [6.07, 6.45) is 0.190. The van der Waals surface area contributed by atoms with Gasteiger partial charge in [0.05, 0.1) is 11.5 Å². The number of halogens is 2. The van der Waals surface area contributed by atoms with Gasteiger partial charge < -0.3 is 10.2 Å². The lowest BCUT2D eigenvalue weighted by atomic mass is 9.91.